The van der Waals surface area contributed by atoms with Gasteiger partial charge in [-0.25, -0.2) is 4.79 Å². The Bertz CT molecular complexity index is 500. The lowest BCUT2D eigenvalue weighted by atomic mass is 10.2. The molecule has 2 rings (SSSR count). The molecule has 1 aromatic carbocycles. The topological polar surface area (TPSA) is 40.5 Å². The van der Waals surface area contributed by atoms with Crippen LogP contribution in [-0.4, -0.2) is 29.8 Å². The average molecular weight is 294 g/mol. The number of hydrogen-bond donors (Lipinski definition) is 1. The number of halogens is 4. The van der Waals surface area contributed by atoms with Crippen molar-refractivity contribution in [2.24, 2.45) is 0 Å². The Balaban J connectivity index is 2.29. The number of carboxylic acids is 1. The van der Waals surface area contributed by atoms with Crippen LogP contribution in [-0.2, 0) is 0 Å². The van der Waals surface area contributed by atoms with Gasteiger partial charge in [-0.1, -0.05) is 11.6 Å². The van der Waals surface area contributed by atoms with E-state index in [0.717, 1.165) is 0 Å². The number of benzene rings is 1. The number of carbonyl (C=O) groups is 1. The largest absolute Gasteiger partial charge is 0.478 e. The number of anilines is 1. The van der Waals surface area contributed by atoms with Crippen molar-refractivity contribution in [2.75, 3.05) is 11.4 Å². The number of aromatic carboxylic acids is 1. The van der Waals surface area contributed by atoms with Gasteiger partial charge in [-0.05, 0) is 31.0 Å². The first-order valence-corrected chi connectivity index (χ1v) is 6.02. The van der Waals surface area contributed by atoms with Gasteiger partial charge in [0.25, 0.3) is 0 Å². The van der Waals surface area contributed by atoms with Gasteiger partial charge in [0.05, 0.1) is 16.3 Å². The van der Waals surface area contributed by atoms with Gasteiger partial charge in [0, 0.05) is 6.04 Å². The summed E-state index contributed by atoms with van der Waals surface area (Å²) in [5.41, 5.74) is 0.183. The van der Waals surface area contributed by atoms with Crippen molar-refractivity contribution in [3.05, 3.63) is 28.8 Å². The first-order chi connectivity index (χ1) is 8.78. The third kappa shape index (κ3) is 3.53. The lowest BCUT2D eigenvalue weighted by Gasteiger charge is -2.26. The summed E-state index contributed by atoms with van der Waals surface area (Å²) in [5, 5.41) is 8.82. The summed E-state index contributed by atoms with van der Waals surface area (Å²) in [4.78, 5) is 11.9. The van der Waals surface area contributed by atoms with Crippen molar-refractivity contribution >= 4 is 23.3 Å². The lowest BCUT2D eigenvalue weighted by Crippen LogP contribution is -2.36. The van der Waals surface area contributed by atoms with Gasteiger partial charge in [0.1, 0.15) is 6.54 Å². The number of nitrogens with zero attached hydrogens (tertiary/aromatic N) is 1. The van der Waals surface area contributed by atoms with E-state index in [4.69, 9.17) is 16.7 Å². The maximum atomic E-state index is 12.5. The molecule has 104 valence electrons. The fourth-order valence-corrected chi connectivity index (χ4v) is 2.15. The van der Waals surface area contributed by atoms with Gasteiger partial charge in [0.15, 0.2) is 0 Å². The Labute approximate surface area is 112 Å². The summed E-state index contributed by atoms with van der Waals surface area (Å²) in [6, 6.07) is 3.59. The molecule has 0 atom stereocenters. The number of rotatable bonds is 4. The molecule has 0 aliphatic heterocycles. The van der Waals surface area contributed by atoms with Crippen LogP contribution in [0.5, 0.6) is 0 Å². The van der Waals surface area contributed by atoms with E-state index in [-0.39, 0.29) is 22.3 Å². The van der Waals surface area contributed by atoms with Gasteiger partial charge >= 0.3 is 12.1 Å². The van der Waals surface area contributed by atoms with Gasteiger partial charge in [-0.15, -0.1) is 0 Å². The highest BCUT2D eigenvalue weighted by molar-refractivity contribution is 6.33. The van der Waals surface area contributed by atoms with Gasteiger partial charge in [-0.3, -0.25) is 0 Å². The standard InChI is InChI=1S/C12H11ClF3NO2/c13-9-5-7(11(18)19)1-4-10(9)17(8-2-3-8)6-12(14,15)16/h1,4-5,8H,2-3,6H2,(H,18,19). The quantitative estimate of drug-likeness (QED) is 0.922. The van der Waals surface area contributed by atoms with Crippen LogP contribution < -0.4 is 4.90 Å². The van der Waals surface area contributed by atoms with Crippen molar-refractivity contribution in [2.45, 2.75) is 25.1 Å². The van der Waals surface area contributed by atoms with Crippen LogP contribution >= 0.6 is 11.6 Å². The molecule has 0 aromatic heterocycles. The molecule has 0 amide bonds. The van der Waals surface area contributed by atoms with Gasteiger partial charge in [-0.2, -0.15) is 13.2 Å². The molecule has 0 unspecified atom stereocenters. The predicted octanol–water partition coefficient (Wildman–Crippen LogP) is 3.57. The molecular formula is C12H11ClF3NO2. The third-order valence-corrected chi connectivity index (χ3v) is 3.14. The molecule has 3 nitrogen and oxygen atoms in total. The van der Waals surface area contributed by atoms with E-state index in [0.29, 0.717) is 12.8 Å². The van der Waals surface area contributed by atoms with Crippen molar-refractivity contribution in [3.63, 3.8) is 0 Å². The molecule has 1 N–H and O–H groups in total. The number of hydrogen-bond acceptors (Lipinski definition) is 2. The number of alkyl halides is 3. The van der Waals surface area contributed by atoms with E-state index < -0.39 is 18.7 Å². The van der Waals surface area contributed by atoms with Gasteiger partial charge in [0.2, 0.25) is 0 Å². The molecule has 1 aliphatic carbocycles. The fourth-order valence-electron chi connectivity index (χ4n) is 1.86. The molecule has 1 aromatic rings. The molecule has 0 spiro atoms. The minimum atomic E-state index is -4.32. The Hall–Kier alpha value is -1.43. The first kappa shape index (κ1) is 14.0. The smallest absolute Gasteiger partial charge is 0.405 e. The highest BCUT2D eigenvalue weighted by Crippen LogP contribution is 2.38. The Kier molecular flexibility index (Phi) is 3.62. The summed E-state index contributed by atoms with van der Waals surface area (Å²) in [7, 11) is 0. The Morgan fingerprint density at radius 1 is 1.42 bits per heavy atom. The maximum absolute atomic E-state index is 12.5. The molecule has 1 aliphatic rings. The zero-order valence-electron chi connectivity index (χ0n) is 9.75. The minimum Gasteiger partial charge on any atom is -0.478 e. The van der Waals surface area contributed by atoms with Crippen molar-refractivity contribution < 1.29 is 23.1 Å². The minimum absolute atomic E-state index is 0.0241. The second kappa shape index (κ2) is 4.92. The monoisotopic (exact) mass is 293 g/mol. The van der Waals surface area contributed by atoms with Crippen molar-refractivity contribution in [1.82, 2.24) is 0 Å². The molecule has 7 heteroatoms. The van der Waals surface area contributed by atoms with E-state index in [9.17, 15) is 18.0 Å². The fraction of sp³-hybridized carbons (Fsp3) is 0.417. The molecule has 1 fully saturated rings. The normalized spacial score (nSPS) is 15.4. The molecule has 0 bridgehead atoms. The second-order valence-electron chi connectivity index (χ2n) is 4.45. The predicted molar refractivity (Wildman–Crippen MR) is 64.8 cm³/mol. The van der Waals surface area contributed by atoms with Crippen LogP contribution in [0.15, 0.2) is 18.2 Å². The third-order valence-electron chi connectivity index (χ3n) is 2.84. The van der Waals surface area contributed by atoms with Crippen LogP contribution in [0.2, 0.25) is 5.02 Å². The zero-order chi connectivity index (χ0) is 14.2. The van der Waals surface area contributed by atoms with Crippen LogP contribution in [0, 0.1) is 0 Å². The summed E-state index contributed by atoms with van der Waals surface area (Å²) in [6.07, 6.45) is -2.95. The van der Waals surface area contributed by atoms with E-state index in [1.807, 2.05) is 0 Å². The highest BCUT2D eigenvalue weighted by atomic mass is 35.5. The van der Waals surface area contributed by atoms with E-state index in [1.54, 1.807) is 0 Å². The first-order valence-electron chi connectivity index (χ1n) is 5.64. The maximum Gasteiger partial charge on any atom is 0.405 e. The molecule has 0 saturated heterocycles. The Morgan fingerprint density at radius 3 is 2.47 bits per heavy atom. The van der Waals surface area contributed by atoms with Crippen LogP contribution in [0.1, 0.15) is 23.2 Å². The van der Waals surface area contributed by atoms with Crippen molar-refractivity contribution in [3.8, 4) is 0 Å². The molecular weight excluding hydrogens is 283 g/mol. The molecule has 0 heterocycles. The van der Waals surface area contributed by atoms with E-state index in [2.05, 4.69) is 0 Å². The summed E-state index contributed by atoms with van der Waals surface area (Å²) < 4.78 is 37.6. The van der Waals surface area contributed by atoms with Crippen LogP contribution in [0.3, 0.4) is 0 Å². The second-order valence-corrected chi connectivity index (χ2v) is 4.85. The van der Waals surface area contributed by atoms with E-state index in [1.165, 1.54) is 23.1 Å². The highest BCUT2D eigenvalue weighted by Gasteiger charge is 2.38. The lowest BCUT2D eigenvalue weighted by molar-refractivity contribution is -0.120. The van der Waals surface area contributed by atoms with Crippen LogP contribution in [0.4, 0.5) is 18.9 Å². The summed E-state index contributed by atoms with van der Waals surface area (Å²) in [5.74, 6) is -1.16. The summed E-state index contributed by atoms with van der Waals surface area (Å²) >= 11 is 5.90. The number of carboxylic acid groups (broad SMARTS) is 1. The molecule has 0 radical (unpaired) electrons. The van der Waals surface area contributed by atoms with Crippen LogP contribution in [0.25, 0.3) is 0 Å². The van der Waals surface area contributed by atoms with Crippen molar-refractivity contribution in [1.29, 1.82) is 0 Å². The van der Waals surface area contributed by atoms with E-state index >= 15 is 0 Å². The molecule has 1 saturated carbocycles. The SMILES string of the molecule is O=C(O)c1ccc(N(CC(F)(F)F)C2CC2)c(Cl)c1. The summed E-state index contributed by atoms with van der Waals surface area (Å²) in [6.45, 7) is -1.08. The average Bonchev–Trinajstić information content (AvgIpc) is 3.08. The van der Waals surface area contributed by atoms with Gasteiger partial charge < -0.3 is 10.0 Å². The zero-order valence-corrected chi connectivity index (χ0v) is 10.5. The Morgan fingerprint density at radius 2 is 2.05 bits per heavy atom. The molecule has 19 heavy (non-hydrogen) atoms.